The van der Waals surface area contributed by atoms with Crippen LogP contribution in [-0.2, 0) is 6.54 Å². The van der Waals surface area contributed by atoms with Crippen LogP contribution in [0.2, 0.25) is 0 Å². The minimum absolute atomic E-state index is 0.106. The number of fused-ring (bicyclic) bond motifs is 1. The van der Waals surface area contributed by atoms with Gasteiger partial charge in [-0.25, -0.2) is 0 Å². The lowest BCUT2D eigenvalue weighted by Gasteiger charge is -2.22. The van der Waals surface area contributed by atoms with Gasteiger partial charge in [-0.05, 0) is 25.0 Å². The number of pyridine rings is 1. The first-order chi connectivity index (χ1) is 9.33. The van der Waals surface area contributed by atoms with Crippen LogP contribution < -0.4 is 10.7 Å². The summed E-state index contributed by atoms with van der Waals surface area (Å²) >= 11 is 0. The molecule has 0 saturated heterocycles. The second kappa shape index (κ2) is 5.57. The van der Waals surface area contributed by atoms with Crippen LogP contribution in [0, 0.1) is 0 Å². The summed E-state index contributed by atoms with van der Waals surface area (Å²) in [5.74, 6) is 0. The van der Waals surface area contributed by atoms with Crippen molar-refractivity contribution in [3.8, 4) is 0 Å². The van der Waals surface area contributed by atoms with Crippen LogP contribution >= 0.6 is 0 Å². The smallest absolute Gasteiger partial charge is 0.189 e. The van der Waals surface area contributed by atoms with E-state index in [0.29, 0.717) is 6.04 Å². The van der Waals surface area contributed by atoms with Gasteiger partial charge in [0, 0.05) is 35.2 Å². The molecule has 1 heterocycles. The molecular weight excluding hydrogens is 236 g/mol. The molecule has 19 heavy (non-hydrogen) atoms. The first-order valence-electron chi connectivity index (χ1n) is 7.17. The van der Waals surface area contributed by atoms with Crippen LogP contribution in [0.25, 0.3) is 10.9 Å². The largest absolute Gasteiger partial charge is 0.357 e. The highest BCUT2D eigenvalue weighted by atomic mass is 16.1. The number of para-hydroxylation sites is 1. The summed E-state index contributed by atoms with van der Waals surface area (Å²) in [4.78, 5) is 15.3. The van der Waals surface area contributed by atoms with E-state index in [9.17, 15) is 4.79 Å². The zero-order chi connectivity index (χ0) is 13.1. The predicted molar refractivity (Wildman–Crippen MR) is 78.3 cm³/mol. The SMILES string of the molecule is O=c1cc(CNC2CCCCC2)[nH]c2ccccc12. The fraction of sp³-hybridized carbons (Fsp3) is 0.438. The van der Waals surface area contributed by atoms with Crippen molar-refractivity contribution in [2.24, 2.45) is 0 Å². The third-order valence-corrected chi connectivity index (χ3v) is 3.98. The maximum atomic E-state index is 12.0. The van der Waals surface area contributed by atoms with Gasteiger partial charge < -0.3 is 10.3 Å². The lowest BCUT2D eigenvalue weighted by molar-refractivity contribution is 0.371. The topological polar surface area (TPSA) is 44.9 Å². The number of H-pyrrole nitrogens is 1. The molecule has 1 aromatic heterocycles. The lowest BCUT2D eigenvalue weighted by atomic mass is 9.95. The Morgan fingerprint density at radius 1 is 1.16 bits per heavy atom. The molecule has 3 rings (SSSR count). The monoisotopic (exact) mass is 256 g/mol. The third-order valence-electron chi connectivity index (χ3n) is 3.98. The van der Waals surface area contributed by atoms with E-state index < -0.39 is 0 Å². The van der Waals surface area contributed by atoms with E-state index in [1.165, 1.54) is 32.1 Å². The summed E-state index contributed by atoms with van der Waals surface area (Å²) in [6.45, 7) is 0.755. The lowest BCUT2D eigenvalue weighted by Crippen LogP contribution is -2.31. The molecule has 1 fully saturated rings. The van der Waals surface area contributed by atoms with E-state index in [4.69, 9.17) is 0 Å². The normalized spacial score (nSPS) is 16.8. The zero-order valence-electron chi connectivity index (χ0n) is 11.1. The molecule has 0 unspecified atom stereocenters. The number of hydrogen-bond donors (Lipinski definition) is 2. The third kappa shape index (κ3) is 2.87. The molecule has 2 N–H and O–H groups in total. The van der Waals surface area contributed by atoms with Crippen LogP contribution in [0.15, 0.2) is 35.1 Å². The van der Waals surface area contributed by atoms with Gasteiger partial charge >= 0.3 is 0 Å². The molecule has 0 aliphatic heterocycles. The summed E-state index contributed by atoms with van der Waals surface area (Å²) in [5.41, 5.74) is 2.01. The van der Waals surface area contributed by atoms with Crippen molar-refractivity contribution in [3.63, 3.8) is 0 Å². The molecule has 0 amide bonds. The minimum atomic E-state index is 0.106. The van der Waals surface area contributed by atoms with E-state index in [1.807, 2.05) is 24.3 Å². The Bertz CT molecular complexity index is 611. The van der Waals surface area contributed by atoms with Crippen molar-refractivity contribution in [3.05, 3.63) is 46.2 Å². The standard InChI is InChI=1S/C16H20N2O/c19-16-10-13(11-17-12-6-2-1-3-7-12)18-15-9-5-4-8-14(15)16/h4-5,8-10,12,17H,1-3,6-7,11H2,(H,18,19). The highest BCUT2D eigenvalue weighted by Crippen LogP contribution is 2.17. The quantitative estimate of drug-likeness (QED) is 0.886. The Labute approximate surface area is 113 Å². The van der Waals surface area contributed by atoms with Crippen LogP contribution in [0.5, 0.6) is 0 Å². The summed E-state index contributed by atoms with van der Waals surface area (Å²) in [5, 5.41) is 4.33. The van der Waals surface area contributed by atoms with Gasteiger partial charge in [0.15, 0.2) is 5.43 Å². The van der Waals surface area contributed by atoms with Crippen molar-refractivity contribution in [1.29, 1.82) is 0 Å². The second-order valence-corrected chi connectivity index (χ2v) is 5.42. The van der Waals surface area contributed by atoms with E-state index >= 15 is 0 Å². The number of rotatable bonds is 3. The van der Waals surface area contributed by atoms with Crippen molar-refractivity contribution in [2.75, 3.05) is 0 Å². The molecule has 3 nitrogen and oxygen atoms in total. The van der Waals surface area contributed by atoms with Crippen LogP contribution in [0.3, 0.4) is 0 Å². The van der Waals surface area contributed by atoms with Gasteiger partial charge in [0.05, 0.1) is 0 Å². The molecule has 1 saturated carbocycles. The van der Waals surface area contributed by atoms with Crippen molar-refractivity contribution >= 4 is 10.9 Å². The Kier molecular flexibility index (Phi) is 3.65. The van der Waals surface area contributed by atoms with Gasteiger partial charge in [-0.1, -0.05) is 31.4 Å². The molecule has 0 atom stereocenters. The fourth-order valence-corrected chi connectivity index (χ4v) is 2.91. The van der Waals surface area contributed by atoms with E-state index in [2.05, 4.69) is 10.3 Å². The molecular formula is C16H20N2O. The molecule has 0 radical (unpaired) electrons. The van der Waals surface area contributed by atoms with Crippen LogP contribution in [0.4, 0.5) is 0 Å². The number of aromatic nitrogens is 1. The Morgan fingerprint density at radius 2 is 1.95 bits per heavy atom. The molecule has 100 valence electrons. The number of benzene rings is 1. The number of nitrogens with one attached hydrogen (secondary N) is 2. The average molecular weight is 256 g/mol. The first-order valence-corrected chi connectivity index (χ1v) is 7.17. The highest BCUT2D eigenvalue weighted by Gasteiger charge is 2.12. The van der Waals surface area contributed by atoms with Gasteiger partial charge in [-0.15, -0.1) is 0 Å². The van der Waals surface area contributed by atoms with Crippen LogP contribution in [-0.4, -0.2) is 11.0 Å². The maximum Gasteiger partial charge on any atom is 0.189 e. The van der Waals surface area contributed by atoms with Crippen LogP contribution in [0.1, 0.15) is 37.8 Å². The van der Waals surface area contributed by atoms with E-state index in [-0.39, 0.29) is 5.43 Å². The Balaban J connectivity index is 1.75. The van der Waals surface area contributed by atoms with Crippen molar-refractivity contribution < 1.29 is 0 Å². The molecule has 2 aromatic rings. The Morgan fingerprint density at radius 3 is 2.79 bits per heavy atom. The second-order valence-electron chi connectivity index (χ2n) is 5.42. The number of aromatic amines is 1. The number of hydrogen-bond acceptors (Lipinski definition) is 2. The summed E-state index contributed by atoms with van der Waals surface area (Å²) in [7, 11) is 0. The molecule has 3 heteroatoms. The summed E-state index contributed by atoms with van der Waals surface area (Å²) < 4.78 is 0. The zero-order valence-corrected chi connectivity index (χ0v) is 11.1. The summed E-state index contributed by atoms with van der Waals surface area (Å²) in [6.07, 6.45) is 6.54. The average Bonchev–Trinajstić information content (AvgIpc) is 2.46. The van der Waals surface area contributed by atoms with Gasteiger partial charge in [0.1, 0.15) is 0 Å². The van der Waals surface area contributed by atoms with Crippen molar-refractivity contribution in [1.82, 2.24) is 10.3 Å². The van der Waals surface area contributed by atoms with E-state index in [0.717, 1.165) is 23.1 Å². The van der Waals surface area contributed by atoms with Gasteiger partial charge in [0.2, 0.25) is 0 Å². The van der Waals surface area contributed by atoms with E-state index in [1.54, 1.807) is 6.07 Å². The van der Waals surface area contributed by atoms with Gasteiger partial charge in [0.25, 0.3) is 0 Å². The molecule has 0 bridgehead atoms. The van der Waals surface area contributed by atoms with Crippen molar-refractivity contribution in [2.45, 2.75) is 44.7 Å². The Hall–Kier alpha value is -1.61. The highest BCUT2D eigenvalue weighted by molar-refractivity contribution is 5.78. The molecule has 1 aromatic carbocycles. The van der Waals surface area contributed by atoms with Gasteiger partial charge in [-0.2, -0.15) is 0 Å². The summed E-state index contributed by atoms with van der Waals surface area (Å²) in [6, 6.07) is 10.0. The molecule has 1 aliphatic carbocycles. The maximum absolute atomic E-state index is 12.0. The predicted octanol–water partition coefficient (Wildman–Crippen LogP) is 2.95. The first kappa shape index (κ1) is 12.4. The fourth-order valence-electron chi connectivity index (χ4n) is 2.91. The molecule has 1 aliphatic rings. The molecule has 0 spiro atoms. The minimum Gasteiger partial charge on any atom is -0.357 e. The van der Waals surface area contributed by atoms with Gasteiger partial charge in [-0.3, -0.25) is 4.79 Å².